The molecule has 37 heavy (non-hydrogen) atoms. The predicted molar refractivity (Wildman–Crippen MR) is 148 cm³/mol. The second-order valence-electron chi connectivity index (χ2n) is 9.26. The Labute approximate surface area is 223 Å². The lowest BCUT2D eigenvalue weighted by atomic mass is 9.80. The first-order valence-corrected chi connectivity index (χ1v) is 13.4. The average molecular weight is 513 g/mol. The van der Waals surface area contributed by atoms with E-state index in [1.807, 2.05) is 54.6 Å². The molecule has 1 N–H and O–H groups in total. The average Bonchev–Trinajstić information content (AvgIpc) is 3.26. The summed E-state index contributed by atoms with van der Waals surface area (Å²) in [4.78, 5) is 1.07. The molecule has 1 aliphatic rings. The van der Waals surface area contributed by atoms with Crippen molar-refractivity contribution in [1.82, 2.24) is 0 Å². The molecule has 0 spiro atoms. The van der Waals surface area contributed by atoms with Gasteiger partial charge in [-0.2, -0.15) is 0 Å². The molecule has 1 aliphatic heterocycles. The van der Waals surface area contributed by atoms with Crippen LogP contribution in [0.1, 0.15) is 22.3 Å². The van der Waals surface area contributed by atoms with Crippen molar-refractivity contribution in [3.05, 3.63) is 138 Å². The smallest absolute Gasteiger partial charge is 0.184 e. The normalized spacial score (nSPS) is 21.7. The van der Waals surface area contributed by atoms with Gasteiger partial charge >= 0.3 is 0 Å². The first-order valence-electron chi connectivity index (χ1n) is 12.5. The fraction of sp³-hybridized carbons (Fsp3) is 0.250. The molecule has 0 aromatic heterocycles. The van der Waals surface area contributed by atoms with Gasteiger partial charge in [0.15, 0.2) is 6.29 Å². The molecule has 4 atom stereocenters. The van der Waals surface area contributed by atoms with E-state index in [0.717, 1.165) is 21.6 Å². The van der Waals surface area contributed by atoms with Gasteiger partial charge in [-0.05, 0) is 35.7 Å². The highest BCUT2D eigenvalue weighted by atomic mass is 32.2. The number of aliphatic hydroxyl groups excluding tert-OH is 1. The number of benzene rings is 4. The van der Waals surface area contributed by atoms with E-state index in [-0.39, 0.29) is 18.0 Å². The van der Waals surface area contributed by atoms with E-state index in [2.05, 4.69) is 67.6 Å². The zero-order valence-electron chi connectivity index (χ0n) is 21.1. The van der Waals surface area contributed by atoms with Crippen molar-refractivity contribution in [1.29, 1.82) is 0 Å². The molecule has 4 nitrogen and oxygen atoms in total. The molecule has 5 heteroatoms. The van der Waals surface area contributed by atoms with Gasteiger partial charge in [-0.1, -0.05) is 109 Å². The van der Waals surface area contributed by atoms with E-state index < -0.39 is 18.0 Å². The lowest BCUT2D eigenvalue weighted by molar-refractivity contribution is -0.162. The summed E-state index contributed by atoms with van der Waals surface area (Å²) in [5.41, 5.74) is 3.41. The largest absolute Gasteiger partial charge is 0.387 e. The first kappa shape index (κ1) is 25.7. The second kappa shape index (κ2) is 11.6. The number of hydrogen-bond donors (Lipinski definition) is 1. The Morgan fingerprint density at radius 3 is 1.70 bits per heavy atom. The van der Waals surface area contributed by atoms with Crippen LogP contribution < -0.4 is 0 Å². The van der Waals surface area contributed by atoms with Gasteiger partial charge in [-0.3, -0.25) is 0 Å². The third-order valence-electron chi connectivity index (χ3n) is 6.82. The first-order chi connectivity index (χ1) is 18.1. The minimum absolute atomic E-state index is 0.257. The highest BCUT2D eigenvalue weighted by Gasteiger charge is 2.47. The van der Waals surface area contributed by atoms with Crippen LogP contribution in [0, 0.1) is 6.92 Å². The lowest BCUT2D eigenvalue weighted by Crippen LogP contribution is -2.38. The lowest BCUT2D eigenvalue weighted by Gasteiger charge is -2.37. The van der Waals surface area contributed by atoms with Crippen LogP contribution >= 0.6 is 11.8 Å². The summed E-state index contributed by atoms with van der Waals surface area (Å²) in [6, 6.07) is 39.1. The maximum absolute atomic E-state index is 11.1. The van der Waals surface area contributed by atoms with Gasteiger partial charge in [0.1, 0.15) is 11.7 Å². The van der Waals surface area contributed by atoms with Crippen molar-refractivity contribution in [2.24, 2.45) is 0 Å². The van der Waals surface area contributed by atoms with Gasteiger partial charge in [0.2, 0.25) is 0 Å². The van der Waals surface area contributed by atoms with Gasteiger partial charge in [-0.15, -0.1) is 11.8 Å². The fourth-order valence-electron chi connectivity index (χ4n) is 4.93. The van der Waals surface area contributed by atoms with E-state index in [1.165, 1.54) is 5.56 Å². The van der Waals surface area contributed by atoms with Crippen LogP contribution in [-0.2, 0) is 19.8 Å². The predicted octanol–water partition coefficient (Wildman–Crippen LogP) is 6.20. The van der Waals surface area contributed by atoms with Crippen LogP contribution in [0.25, 0.3) is 0 Å². The zero-order valence-corrected chi connectivity index (χ0v) is 21.9. The van der Waals surface area contributed by atoms with Crippen LogP contribution in [0.4, 0.5) is 0 Å². The minimum atomic E-state index is -0.859. The third-order valence-corrected chi connectivity index (χ3v) is 8.22. The van der Waals surface area contributed by atoms with Crippen LogP contribution in [0.15, 0.2) is 120 Å². The van der Waals surface area contributed by atoms with Crippen LogP contribution in [-0.4, -0.2) is 42.6 Å². The molecule has 4 aromatic rings. The number of thioether (sulfide) groups is 1. The van der Waals surface area contributed by atoms with Crippen molar-refractivity contribution < 1.29 is 19.3 Å². The molecular formula is C32H32O4S. The van der Waals surface area contributed by atoms with Crippen LogP contribution in [0.3, 0.4) is 0 Å². The van der Waals surface area contributed by atoms with Gasteiger partial charge in [0, 0.05) is 12.0 Å². The number of aryl methyl sites for hydroxylation is 1. The molecule has 0 bridgehead atoms. The minimum Gasteiger partial charge on any atom is -0.387 e. The van der Waals surface area contributed by atoms with Crippen LogP contribution in [0.5, 0.6) is 0 Å². The van der Waals surface area contributed by atoms with Crippen molar-refractivity contribution in [3.8, 4) is 0 Å². The fourth-order valence-corrected chi connectivity index (χ4v) is 6.10. The highest BCUT2D eigenvalue weighted by Crippen LogP contribution is 2.42. The van der Waals surface area contributed by atoms with Gasteiger partial charge in [-0.25, -0.2) is 0 Å². The van der Waals surface area contributed by atoms with Crippen molar-refractivity contribution in [3.63, 3.8) is 0 Å². The second-order valence-corrected chi connectivity index (χ2v) is 10.5. The SMILES string of the molecule is CO[C@H]1O[C@H](COC(c2ccccc2)(c2ccccc2)c2ccccc2)[C@@H](Sc2ccc(C)cc2)[C@@H]1O. The Kier molecular flexibility index (Phi) is 8.08. The molecule has 0 saturated carbocycles. The Balaban J connectivity index is 1.52. The number of hydrogen-bond acceptors (Lipinski definition) is 5. The third kappa shape index (κ3) is 5.37. The molecule has 4 aromatic carbocycles. The Morgan fingerprint density at radius 1 is 0.757 bits per heavy atom. The van der Waals surface area contributed by atoms with E-state index in [9.17, 15) is 5.11 Å². The topological polar surface area (TPSA) is 47.9 Å². The maximum Gasteiger partial charge on any atom is 0.184 e. The number of ether oxygens (including phenoxy) is 3. The molecule has 190 valence electrons. The summed E-state index contributed by atoms with van der Waals surface area (Å²) in [6.45, 7) is 2.33. The summed E-state index contributed by atoms with van der Waals surface area (Å²) in [6.07, 6.45) is -1.89. The molecular weight excluding hydrogens is 480 g/mol. The molecule has 1 saturated heterocycles. The summed E-state index contributed by atoms with van der Waals surface area (Å²) < 4.78 is 18.7. The summed E-state index contributed by atoms with van der Waals surface area (Å²) >= 11 is 1.60. The van der Waals surface area contributed by atoms with Gasteiger partial charge in [0.05, 0.1) is 18.0 Å². The van der Waals surface area contributed by atoms with Crippen molar-refractivity contribution >= 4 is 11.8 Å². The number of aliphatic hydroxyl groups is 1. The molecule has 0 amide bonds. The quantitative estimate of drug-likeness (QED) is 0.271. The molecule has 0 radical (unpaired) electrons. The van der Waals surface area contributed by atoms with E-state index >= 15 is 0 Å². The summed E-state index contributed by atoms with van der Waals surface area (Å²) in [7, 11) is 1.56. The van der Waals surface area contributed by atoms with E-state index in [4.69, 9.17) is 14.2 Å². The maximum atomic E-state index is 11.1. The van der Waals surface area contributed by atoms with Crippen molar-refractivity contribution in [2.75, 3.05) is 13.7 Å². The van der Waals surface area contributed by atoms with E-state index in [0.29, 0.717) is 0 Å². The standard InChI is InChI=1S/C32H32O4S/c1-23-18-20-27(21-19-23)37-30-28(36-31(34-2)29(30)33)22-35-32(24-12-6-3-7-13-24,25-14-8-4-9-15-25)26-16-10-5-11-17-26/h3-21,28-31,33H,22H2,1-2H3/t28-,29+,30-,31+/m1/s1. The number of methoxy groups -OCH3 is 1. The number of rotatable bonds is 9. The zero-order chi connectivity index (χ0) is 25.7. The molecule has 0 unspecified atom stereocenters. The van der Waals surface area contributed by atoms with Crippen LogP contribution in [0.2, 0.25) is 0 Å². The molecule has 1 heterocycles. The van der Waals surface area contributed by atoms with Crippen molar-refractivity contribution in [2.45, 2.75) is 41.2 Å². The Bertz CT molecular complexity index is 1150. The Morgan fingerprint density at radius 2 is 1.24 bits per heavy atom. The Hall–Kier alpha value is -2.93. The van der Waals surface area contributed by atoms with Gasteiger partial charge in [0.25, 0.3) is 0 Å². The van der Waals surface area contributed by atoms with Gasteiger partial charge < -0.3 is 19.3 Å². The molecule has 0 aliphatic carbocycles. The molecule has 5 rings (SSSR count). The summed E-state index contributed by atoms with van der Waals surface area (Å²) in [5.74, 6) is 0. The highest BCUT2D eigenvalue weighted by molar-refractivity contribution is 8.00. The molecule has 1 fully saturated rings. The monoisotopic (exact) mass is 512 g/mol. The summed E-state index contributed by atoms with van der Waals surface area (Å²) in [5, 5.41) is 10.8. The van der Waals surface area contributed by atoms with E-state index in [1.54, 1.807) is 18.9 Å².